The lowest BCUT2D eigenvalue weighted by molar-refractivity contribution is 0.0612. The Balaban J connectivity index is 0.000000170. The van der Waals surface area contributed by atoms with Crippen LogP contribution in [-0.2, 0) is 11.5 Å². The lowest BCUT2D eigenvalue weighted by atomic mass is 9.94. The number of benzene rings is 4. The SMILES string of the molecule is CC(C)N1CN(C2c3ccccc3CSc3ccccc32)n2ccc(=O)c(O)c2C1=O.CC(C)N1CN(C2c3ccccc3CSc3ccccc32)n2ccc(=O)c(OC(=O)N(C)C)c2C1=O. The third-order valence-electron chi connectivity index (χ3n) is 12.5. The van der Waals surface area contributed by atoms with E-state index in [9.17, 15) is 29.1 Å². The van der Waals surface area contributed by atoms with Crippen molar-refractivity contribution in [2.75, 3.05) is 37.5 Å². The summed E-state index contributed by atoms with van der Waals surface area (Å²) in [5, 5.41) is 14.7. The number of nitrogens with zero attached hydrogens (tertiary/aromatic N) is 7. The maximum absolute atomic E-state index is 13.7. The van der Waals surface area contributed by atoms with Crippen LogP contribution >= 0.6 is 23.5 Å². The van der Waals surface area contributed by atoms with Crippen molar-refractivity contribution in [2.45, 2.75) is 73.2 Å². The first-order chi connectivity index (χ1) is 32.2. The first-order valence-corrected chi connectivity index (χ1v) is 24.1. The van der Waals surface area contributed by atoms with Crippen molar-refractivity contribution in [1.29, 1.82) is 0 Å². The fourth-order valence-corrected chi connectivity index (χ4v) is 11.2. The van der Waals surface area contributed by atoms with Crippen LogP contribution in [0.4, 0.5) is 4.79 Å². The topological polar surface area (TPSA) is 141 Å². The van der Waals surface area contributed by atoms with Gasteiger partial charge in [-0.2, -0.15) is 0 Å². The zero-order chi connectivity index (χ0) is 47.3. The maximum Gasteiger partial charge on any atom is 0.414 e. The molecule has 14 nitrogen and oxygen atoms in total. The summed E-state index contributed by atoms with van der Waals surface area (Å²) in [5.41, 5.74) is 5.96. The van der Waals surface area contributed by atoms with Crippen molar-refractivity contribution in [3.05, 3.63) is 187 Å². The summed E-state index contributed by atoms with van der Waals surface area (Å²) in [4.78, 5) is 71.4. The normalized spacial score (nSPS) is 17.2. The number of aromatic nitrogens is 2. The Labute approximate surface area is 396 Å². The molecule has 6 aromatic rings. The van der Waals surface area contributed by atoms with Crippen LogP contribution in [-0.4, -0.2) is 86.6 Å². The van der Waals surface area contributed by atoms with Crippen molar-refractivity contribution in [1.82, 2.24) is 24.1 Å². The van der Waals surface area contributed by atoms with E-state index >= 15 is 0 Å². The number of rotatable bonds is 5. The number of pyridine rings is 2. The Bertz CT molecular complexity index is 2950. The maximum atomic E-state index is 13.7. The van der Waals surface area contributed by atoms with E-state index in [-0.39, 0.29) is 53.1 Å². The van der Waals surface area contributed by atoms with E-state index in [0.717, 1.165) is 38.7 Å². The van der Waals surface area contributed by atoms with Crippen LogP contribution in [0.3, 0.4) is 0 Å². The monoisotopic (exact) mass is 937 g/mol. The van der Waals surface area contributed by atoms with Crippen LogP contribution < -0.4 is 25.6 Å². The van der Waals surface area contributed by atoms with Gasteiger partial charge in [0.2, 0.25) is 16.6 Å². The van der Waals surface area contributed by atoms with Gasteiger partial charge in [0.15, 0.2) is 17.1 Å². The molecule has 16 heteroatoms. The summed E-state index contributed by atoms with van der Waals surface area (Å²) in [6.07, 6.45) is 2.48. The van der Waals surface area contributed by atoms with Gasteiger partial charge in [-0.3, -0.25) is 38.5 Å². The molecule has 0 spiro atoms. The molecule has 4 aromatic carbocycles. The van der Waals surface area contributed by atoms with Crippen LogP contribution in [0, 0.1) is 0 Å². The van der Waals surface area contributed by atoms with Crippen molar-refractivity contribution in [2.24, 2.45) is 0 Å². The highest BCUT2D eigenvalue weighted by molar-refractivity contribution is 7.98. The van der Waals surface area contributed by atoms with Gasteiger partial charge in [0.25, 0.3) is 11.8 Å². The molecule has 6 heterocycles. The molecule has 2 unspecified atom stereocenters. The molecular formula is C51H51N7O7S2. The number of carbonyl (C=O) groups is 3. The molecule has 0 fully saturated rings. The van der Waals surface area contributed by atoms with Crippen molar-refractivity contribution in [3.63, 3.8) is 0 Å². The number of fused-ring (bicyclic) bond motifs is 6. The average Bonchev–Trinajstić information content (AvgIpc) is 3.59. The molecule has 0 saturated heterocycles. The van der Waals surface area contributed by atoms with E-state index in [1.54, 1.807) is 55.1 Å². The van der Waals surface area contributed by atoms with E-state index in [0.29, 0.717) is 13.3 Å². The molecular weight excluding hydrogens is 887 g/mol. The molecule has 3 amide bonds. The van der Waals surface area contributed by atoms with Gasteiger partial charge >= 0.3 is 6.09 Å². The predicted octanol–water partition coefficient (Wildman–Crippen LogP) is 7.77. The second-order valence-corrected chi connectivity index (χ2v) is 19.5. The lowest BCUT2D eigenvalue weighted by Crippen LogP contribution is -2.57. The molecule has 0 bridgehead atoms. The molecule has 344 valence electrons. The summed E-state index contributed by atoms with van der Waals surface area (Å²) < 4.78 is 8.83. The van der Waals surface area contributed by atoms with E-state index in [4.69, 9.17) is 4.74 Å². The van der Waals surface area contributed by atoms with E-state index < -0.39 is 22.7 Å². The smallest absolute Gasteiger partial charge is 0.414 e. The molecule has 2 aromatic heterocycles. The minimum Gasteiger partial charge on any atom is -0.502 e. The van der Waals surface area contributed by atoms with Crippen LogP contribution in [0.2, 0.25) is 0 Å². The number of aromatic hydroxyl groups is 1. The molecule has 4 aliphatic heterocycles. The molecule has 10 rings (SSSR count). The van der Waals surface area contributed by atoms with Crippen LogP contribution in [0.25, 0.3) is 0 Å². The Hall–Kier alpha value is -6.91. The number of hydrogen-bond acceptors (Lipinski definition) is 11. The Morgan fingerprint density at radius 3 is 1.49 bits per heavy atom. The number of hydrogen-bond donors (Lipinski definition) is 1. The predicted molar refractivity (Wildman–Crippen MR) is 260 cm³/mol. The van der Waals surface area contributed by atoms with Gasteiger partial charge in [0, 0.05) is 72.0 Å². The quantitative estimate of drug-likeness (QED) is 0.181. The molecule has 2 atom stereocenters. The van der Waals surface area contributed by atoms with Gasteiger partial charge < -0.3 is 24.5 Å². The summed E-state index contributed by atoms with van der Waals surface area (Å²) in [5.74, 6) is 0.212. The molecule has 0 saturated carbocycles. The van der Waals surface area contributed by atoms with Crippen molar-refractivity contribution in [3.8, 4) is 11.5 Å². The first kappa shape index (κ1) is 45.3. The highest BCUT2D eigenvalue weighted by atomic mass is 32.2. The standard InChI is InChI=1S/C27H28N4O4S.C24H23N3O3S/c1-17(2)29-16-31(30-14-13-21(32)25(24(30)26(29)33)35-27(34)28(3)4)23-19-10-6-5-9-18(19)15-36-22-12-8-7-11-20(22)23;1-15(2)25-14-27(26-12-11-19(28)23(29)22(26)24(25)30)21-17-8-4-3-7-16(17)13-31-20-10-6-5-9-18(20)21/h5-14,17,23H,15-16H2,1-4H3;3-12,15,21,29H,13-14H2,1-2H3. The minimum atomic E-state index is -0.719. The van der Waals surface area contributed by atoms with Gasteiger partial charge in [0.1, 0.15) is 13.3 Å². The van der Waals surface area contributed by atoms with Gasteiger partial charge in [-0.15, -0.1) is 23.5 Å². The average molecular weight is 938 g/mol. The Kier molecular flexibility index (Phi) is 12.4. The van der Waals surface area contributed by atoms with Gasteiger partial charge in [-0.25, -0.2) is 4.79 Å². The Morgan fingerprint density at radius 2 is 1.01 bits per heavy atom. The van der Waals surface area contributed by atoms with Crippen LogP contribution in [0.1, 0.15) is 94.1 Å². The van der Waals surface area contributed by atoms with Gasteiger partial charge in [-0.05, 0) is 73.2 Å². The summed E-state index contributed by atoms with van der Waals surface area (Å²) in [6, 6.07) is 35.2. The summed E-state index contributed by atoms with van der Waals surface area (Å²) in [7, 11) is 3.06. The third kappa shape index (κ3) is 8.22. The highest BCUT2D eigenvalue weighted by Crippen LogP contribution is 2.45. The summed E-state index contributed by atoms with van der Waals surface area (Å²) >= 11 is 3.58. The third-order valence-corrected chi connectivity index (χ3v) is 14.7. The van der Waals surface area contributed by atoms with E-state index in [2.05, 4.69) is 58.5 Å². The lowest BCUT2D eigenvalue weighted by Gasteiger charge is -2.45. The van der Waals surface area contributed by atoms with Crippen LogP contribution in [0.5, 0.6) is 11.5 Å². The van der Waals surface area contributed by atoms with Crippen molar-refractivity contribution < 1.29 is 24.2 Å². The zero-order valence-electron chi connectivity index (χ0n) is 38.0. The fourth-order valence-electron chi connectivity index (χ4n) is 9.01. The number of carbonyl (C=O) groups excluding carboxylic acids is 3. The Morgan fingerprint density at radius 1 is 0.597 bits per heavy atom. The van der Waals surface area contributed by atoms with Gasteiger partial charge in [0.05, 0.1) is 12.1 Å². The first-order valence-electron chi connectivity index (χ1n) is 22.1. The molecule has 0 radical (unpaired) electrons. The second-order valence-electron chi connectivity index (χ2n) is 17.4. The largest absolute Gasteiger partial charge is 0.502 e. The number of ether oxygens (including phenoxy) is 1. The fraction of sp³-hybridized carbons (Fsp3) is 0.275. The molecule has 0 aliphatic carbocycles. The molecule has 4 aliphatic rings. The summed E-state index contributed by atoms with van der Waals surface area (Å²) in [6.45, 7) is 8.38. The molecule has 67 heavy (non-hydrogen) atoms. The second kappa shape index (κ2) is 18.4. The van der Waals surface area contributed by atoms with Gasteiger partial charge in [-0.1, -0.05) is 84.9 Å². The number of amides is 3. The van der Waals surface area contributed by atoms with E-state index in [1.807, 2.05) is 76.2 Å². The molecule has 1 N–H and O–H groups in total. The van der Waals surface area contributed by atoms with Crippen LogP contribution in [0.15, 0.2) is 141 Å². The van der Waals surface area contributed by atoms with E-state index in [1.165, 1.54) is 47.2 Å². The highest BCUT2D eigenvalue weighted by Gasteiger charge is 2.41. The number of thioether (sulfide) groups is 2. The zero-order valence-corrected chi connectivity index (χ0v) is 39.7. The van der Waals surface area contributed by atoms with Crippen molar-refractivity contribution >= 4 is 41.4 Å². The minimum absolute atomic E-state index is 0.0133.